The minimum absolute atomic E-state index is 0.0272. The summed E-state index contributed by atoms with van der Waals surface area (Å²) in [6.07, 6.45) is 0.964. The van der Waals surface area contributed by atoms with E-state index >= 15 is 0 Å². The highest BCUT2D eigenvalue weighted by Crippen LogP contribution is 1.92. The van der Waals surface area contributed by atoms with E-state index in [1.165, 1.54) is 0 Å². The fourth-order valence-corrected chi connectivity index (χ4v) is 1.06. The zero-order valence-electron chi connectivity index (χ0n) is 8.37. The number of nitrogens with one attached hydrogen (secondary N) is 1. The predicted octanol–water partition coefficient (Wildman–Crippen LogP) is -2.29. The Morgan fingerprint density at radius 3 is 2.93 bits per heavy atom. The SMILES string of the molecule is OCCn1cc(CNCC(O)CO)nn1. The molecule has 1 rings (SSSR count). The smallest absolute Gasteiger partial charge is 0.0964 e. The van der Waals surface area contributed by atoms with Gasteiger partial charge in [0.25, 0.3) is 0 Å². The Kier molecular flexibility index (Phi) is 5.19. The van der Waals surface area contributed by atoms with Gasteiger partial charge in [-0.2, -0.15) is 0 Å². The first-order valence-electron chi connectivity index (χ1n) is 4.75. The molecule has 4 N–H and O–H groups in total. The third-order valence-electron chi connectivity index (χ3n) is 1.81. The van der Waals surface area contributed by atoms with Gasteiger partial charge in [-0.05, 0) is 0 Å². The van der Waals surface area contributed by atoms with Crippen molar-refractivity contribution in [1.82, 2.24) is 20.3 Å². The second-order valence-corrected chi connectivity index (χ2v) is 3.16. The van der Waals surface area contributed by atoms with Gasteiger partial charge in [0.1, 0.15) is 0 Å². The summed E-state index contributed by atoms with van der Waals surface area (Å²) in [4.78, 5) is 0. The van der Waals surface area contributed by atoms with Crippen LogP contribution in [0.1, 0.15) is 5.69 Å². The molecule has 1 aromatic rings. The van der Waals surface area contributed by atoms with Gasteiger partial charge in [-0.1, -0.05) is 5.21 Å². The van der Waals surface area contributed by atoms with E-state index in [9.17, 15) is 0 Å². The number of aliphatic hydroxyl groups is 3. The minimum Gasteiger partial charge on any atom is -0.394 e. The van der Waals surface area contributed by atoms with Gasteiger partial charge in [0.2, 0.25) is 0 Å². The van der Waals surface area contributed by atoms with Crippen molar-refractivity contribution < 1.29 is 15.3 Å². The fourth-order valence-electron chi connectivity index (χ4n) is 1.06. The average Bonchev–Trinajstić information content (AvgIpc) is 2.66. The summed E-state index contributed by atoms with van der Waals surface area (Å²) >= 11 is 0. The van der Waals surface area contributed by atoms with Crippen molar-refractivity contribution >= 4 is 0 Å². The summed E-state index contributed by atoms with van der Waals surface area (Å²) in [6, 6.07) is 0. The Morgan fingerprint density at radius 2 is 2.27 bits per heavy atom. The Balaban J connectivity index is 2.25. The molecule has 1 unspecified atom stereocenters. The molecule has 0 bridgehead atoms. The average molecular weight is 216 g/mol. The normalized spacial score (nSPS) is 13.0. The molecule has 0 radical (unpaired) electrons. The molecule has 7 heteroatoms. The van der Waals surface area contributed by atoms with Gasteiger partial charge >= 0.3 is 0 Å². The lowest BCUT2D eigenvalue weighted by molar-refractivity contribution is 0.0941. The van der Waals surface area contributed by atoms with Crippen LogP contribution in [0, 0.1) is 0 Å². The summed E-state index contributed by atoms with van der Waals surface area (Å²) < 4.78 is 1.54. The van der Waals surface area contributed by atoms with Crippen LogP contribution in [-0.4, -0.2) is 56.2 Å². The van der Waals surface area contributed by atoms with Crippen molar-refractivity contribution in [2.45, 2.75) is 19.2 Å². The van der Waals surface area contributed by atoms with Crippen molar-refractivity contribution in [3.05, 3.63) is 11.9 Å². The van der Waals surface area contributed by atoms with Crippen LogP contribution in [0.5, 0.6) is 0 Å². The monoisotopic (exact) mass is 216 g/mol. The van der Waals surface area contributed by atoms with E-state index in [4.69, 9.17) is 15.3 Å². The van der Waals surface area contributed by atoms with Crippen LogP contribution in [0.15, 0.2) is 6.20 Å². The van der Waals surface area contributed by atoms with Crippen LogP contribution in [0.25, 0.3) is 0 Å². The lowest BCUT2D eigenvalue weighted by atomic mass is 10.3. The molecule has 1 atom stereocenters. The van der Waals surface area contributed by atoms with E-state index in [1.54, 1.807) is 10.9 Å². The van der Waals surface area contributed by atoms with Gasteiger partial charge < -0.3 is 20.6 Å². The Bertz CT molecular complexity index is 279. The van der Waals surface area contributed by atoms with Gasteiger partial charge in [0.15, 0.2) is 0 Å². The second kappa shape index (κ2) is 6.46. The first-order chi connectivity index (χ1) is 7.26. The van der Waals surface area contributed by atoms with Crippen LogP contribution in [0.3, 0.4) is 0 Å². The molecule has 7 nitrogen and oxygen atoms in total. The van der Waals surface area contributed by atoms with Gasteiger partial charge in [0, 0.05) is 19.3 Å². The highest BCUT2D eigenvalue weighted by Gasteiger charge is 2.03. The second-order valence-electron chi connectivity index (χ2n) is 3.16. The van der Waals surface area contributed by atoms with Crippen LogP contribution in [0.2, 0.25) is 0 Å². The van der Waals surface area contributed by atoms with Crippen molar-refractivity contribution in [3.63, 3.8) is 0 Å². The van der Waals surface area contributed by atoms with Crippen LogP contribution >= 0.6 is 0 Å². The molecule has 0 aliphatic heterocycles. The Hall–Kier alpha value is -1.02. The van der Waals surface area contributed by atoms with Gasteiger partial charge in [-0.25, -0.2) is 4.68 Å². The van der Waals surface area contributed by atoms with Crippen molar-refractivity contribution in [2.75, 3.05) is 19.8 Å². The van der Waals surface area contributed by atoms with Crippen LogP contribution < -0.4 is 5.32 Å². The molecular formula is C8H16N4O3. The van der Waals surface area contributed by atoms with Crippen LogP contribution in [0.4, 0.5) is 0 Å². The van der Waals surface area contributed by atoms with Crippen molar-refractivity contribution in [3.8, 4) is 0 Å². The zero-order chi connectivity index (χ0) is 11.1. The van der Waals surface area contributed by atoms with E-state index in [0.29, 0.717) is 19.6 Å². The molecule has 0 saturated carbocycles. The number of rotatable bonds is 7. The minimum atomic E-state index is -0.752. The topological polar surface area (TPSA) is 103 Å². The number of hydrogen-bond donors (Lipinski definition) is 4. The maximum absolute atomic E-state index is 9.04. The first-order valence-corrected chi connectivity index (χ1v) is 4.75. The largest absolute Gasteiger partial charge is 0.394 e. The summed E-state index contributed by atoms with van der Waals surface area (Å²) in [6.45, 7) is 0.974. The molecule has 0 amide bonds. The molecule has 0 aromatic carbocycles. The van der Waals surface area contributed by atoms with Crippen molar-refractivity contribution in [2.24, 2.45) is 0 Å². The molecule has 1 aromatic heterocycles. The predicted molar refractivity (Wildman–Crippen MR) is 51.9 cm³/mol. The van der Waals surface area contributed by atoms with E-state index in [1.807, 2.05) is 0 Å². The maximum atomic E-state index is 9.04. The number of nitrogens with zero attached hydrogens (tertiary/aromatic N) is 3. The summed E-state index contributed by atoms with van der Waals surface area (Å²) in [7, 11) is 0. The quantitative estimate of drug-likeness (QED) is 0.409. The molecule has 15 heavy (non-hydrogen) atoms. The number of aliphatic hydroxyl groups excluding tert-OH is 3. The van der Waals surface area contributed by atoms with Gasteiger partial charge in [-0.15, -0.1) is 5.10 Å². The molecule has 0 aliphatic rings. The third-order valence-corrected chi connectivity index (χ3v) is 1.81. The van der Waals surface area contributed by atoms with E-state index in [0.717, 1.165) is 5.69 Å². The van der Waals surface area contributed by atoms with E-state index in [-0.39, 0.29) is 13.2 Å². The van der Waals surface area contributed by atoms with Gasteiger partial charge in [-0.3, -0.25) is 0 Å². The fraction of sp³-hybridized carbons (Fsp3) is 0.750. The molecule has 0 saturated heterocycles. The number of hydrogen-bond acceptors (Lipinski definition) is 6. The molecular weight excluding hydrogens is 200 g/mol. The van der Waals surface area contributed by atoms with Crippen LogP contribution in [-0.2, 0) is 13.1 Å². The Morgan fingerprint density at radius 1 is 1.47 bits per heavy atom. The maximum Gasteiger partial charge on any atom is 0.0964 e. The first kappa shape index (κ1) is 12.1. The number of aromatic nitrogens is 3. The van der Waals surface area contributed by atoms with E-state index < -0.39 is 6.10 Å². The molecule has 1 heterocycles. The van der Waals surface area contributed by atoms with E-state index in [2.05, 4.69) is 15.6 Å². The molecule has 0 fully saturated rings. The zero-order valence-corrected chi connectivity index (χ0v) is 8.37. The summed E-state index contributed by atoms with van der Waals surface area (Å²) in [5, 5.41) is 36.8. The highest BCUT2D eigenvalue weighted by atomic mass is 16.3. The standard InChI is InChI=1S/C8H16N4O3/c13-2-1-12-5-7(10-11-12)3-9-4-8(15)6-14/h5,8-9,13-15H,1-4,6H2. The van der Waals surface area contributed by atoms with Gasteiger partial charge in [0.05, 0.1) is 31.6 Å². The lowest BCUT2D eigenvalue weighted by Gasteiger charge is -2.06. The lowest BCUT2D eigenvalue weighted by Crippen LogP contribution is -2.29. The molecule has 0 spiro atoms. The summed E-state index contributed by atoms with van der Waals surface area (Å²) in [5.74, 6) is 0. The Labute approximate surface area is 87.3 Å². The summed E-state index contributed by atoms with van der Waals surface area (Å²) in [5.41, 5.74) is 0.730. The third kappa shape index (κ3) is 4.34. The van der Waals surface area contributed by atoms with Crippen molar-refractivity contribution in [1.29, 1.82) is 0 Å². The molecule has 86 valence electrons. The molecule has 0 aliphatic carbocycles. The highest BCUT2D eigenvalue weighted by molar-refractivity contribution is 4.91.